The van der Waals surface area contributed by atoms with E-state index in [9.17, 15) is 14.9 Å². The summed E-state index contributed by atoms with van der Waals surface area (Å²) in [6.45, 7) is 2.90. The molecule has 0 unspecified atom stereocenters. The Morgan fingerprint density at radius 3 is 2.66 bits per heavy atom. The third-order valence-corrected chi connectivity index (χ3v) is 8.78. The first-order valence-corrected chi connectivity index (χ1v) is 15.1. The van der Waals surface area contributed by atoms with E-state index in [0.29, 0.717) is 47.0 Å². The monoisotopic (exact) mass is 629 g/mol. The fraction of sp³-hybridized carbons (Fsp3) is 0.219. The summed E-state index contributed by atoms with van der Waals surface area (Å²) in [5.41, 5.74) is 2.68. The zero-order valence-corrected chi connectivity index (χ0v) is 25.5. The highest BCUT2D eigenvalue weighted by Gasteiger charge is 2.32. The Hall–Kier alpha value is -4.29. The molecule has 3 aromatic carbocycles. The van der Waals surface area contributed by atoms with Crippen LogP contribution in [-0.2, 0) is 4.74 Å². The van der Waals surface area contributed by atoms with Crippen LogP contribution in [-0.4, -0.2) is 56.1 Å². The first kappa shape index (κ1) is 29.8. The van der Waals surface area contributed by atoms with Crippen LogP contribution in [0.1, 0.15) is 28.7 Å². The van der Waals surface area contributed by atoms with Crippen molar-refractivity contribution in [2.75, 3.05) is 20.2 Å². The van der Waals surface area contributed by atoms with E-state index in [1.165, 1.54) is 24.1 Å². The minimum atomic E-state index is -0.520. The number of hydrogen-bond acceptors (Lipinski definition) is 9. The number of nitro groups is 1. The number of carbonyl (C=O) groups excluding carboxylic acids is 1. The molecule has 0 bridgehead atoms. The smallest absolute Gasteiger partial charge is 0.269 e. The van der Waals surface area contributed by atoms with Crippen molar-refractivity contribution in [1.29, 1.82) is 0 Å². The Balaban J connectivity index is 1.31. The minimum Gasteiger partial charge on any atom is -0.497 e. The molecule has 44 heavy (non-hydrogen) atoms. The van der Waals surface area contributed by atoms with Gasteiger partial charge in [0.25, 0.3) is 5.69 Å². The van der Waals surface area contributed by atoms with Crippen LogP contribution < -0.4 is 4.74 Å². The lowest BCUT2D eigenvalue weighted by Crippen LogP contribution is -2.42. The van der Waals surface area contributed by atoms with Crippen LogP contribution in [0.4, 0.5) is 5.69 Å². The molecule has 10 nitrogen and oxygen atoms in total. The standard InChI is InChI=1S/C32H28ClN5O5S/c1-20-30-31(33)26-17-23(42-2)13-16-27(26)34-32(30)37(35-20)29-19-36(44-25-14-11-22(12-15-25)38(40)41)18-24(43-29)9-6-10-28(39)21-7-4-3-5-8-21/h3-8,10-17,24,29H,9,18-19H2,1-2H3/b10-6+/t24-,29-/m1/s1. The number of non-ortho nitro benzene ring substituents is 1. The van der Waals surface area contributed by atoms with Gasteiger partial charge in [-0.15, -0.1) is 0 Å². The van der Waals surface area contributed by atoms with E-state index >= 15 is 0 Å². The van der Waals surface area contributed by atoms with Crippen LogP contribution in [0.15, 0.2) is 89.8 Å². The van der Waals surface area contributed by atoms with Gasteiger partial charge in [-0.05, 0) is 61.7 Å². The summed E-state index contributed by atoms with van der Waals surface area (Å²) in [6.07, 6.45) is 3.10. The quantitative estimate of drug-likeness (QED) is 0.0549. The van der Waals surface area contributed by atoms with E-state index < -0.39 is 11.2 Å². The average molecular weight is 630 g/mol. The number of ketones is 1. The van der Waals surface area contributed by atoms with Crippen LogP contribution in [0.5, 0.6) is 5.75 Å². The fourth-order valence-electron chi connectivity index (χ4n) is 5.19. The number of methoxy groups -OCH3 is 1. The summed E-state index contributed by atoms with van der Waals surface area (Å²) < 4.78 is 15.9. The highest BCUT2D eigenvalue weighted by molar-refractivity contribution is 7.97. The Bertz CT molecular complexity index is 1880. The van der Waals surface area contributed by atoms with Crippen molar-refractivity contribution < 1.29 is 19.2 Å². The summed E-state index contributed by atoms with van der Waals surface area (Å²) in [5, 5.41) is 18.0. The Labute approximate surface area is 262 Å². The number of aromatic nitrogens is 3. The van der Waals surface area contributed by atoms with Gasteiger partial charge < -0.3 is 9.47 Å². The normalized spacial score (nSPS) is 17.4. The molecule has 6 rings (SSSR count). The van der Waals surface area contributed by atoms with Crippen molar-refractivity contribution in [3.8, 4) is 5.75 Å². The van der Waals surface area contributed by atoms with Gasteiger partial charge in [0, 0.05) is 34.5 Å². The Morgan fingerprint density at radius 2 is 1.93 bits per heavy atom. The highest BCUT2D eigenvalue weighted by atomic mass is 35.5. The SMILES string of the molecule is COc1ccc2nc3c(c(C)nn3[C@H]3CN(Sc4ccc([N+](=O)[O-])cc4)C[C@@H](C/C=C/C(=O)c4ccccc4)O3)c(Cl)c2c1. The highest BCUT2D eigenvalue weighted by Crippen LogP contribution is 2.37. The lowest BCUT2D eigenvalue weighted by molar-refractivity contribution is -0.384. The Morgan fingerprint density at radius 1 is 1.16 bits per heavy atom. The van der Waals surface area contributed by atoms with Crippen LogP contribution in [0.2, 0.25) is 5.02 Å². The molecule has 1 fully saturated rings. The topological polar surface area (TPSA) is 113 Å². The van der Waals surface area contributed by atoms with Crippen molar-refractivity contribution in [3.05, 3.63) is 111 Å². The Kier molecular flexibility index (Phi) is 8.62. The number of fused-ring (bicyclic) bond motifs is 2. The zero-order valence-electron chi connectivity index (χ0n) is 23.9. The summed E-state index contributed by atoms with van der Waals surface area (Å²) in [6, 6.07) is 21.1. The number of hydrogen-bond donors (Lipinski definition) is 0. The van der Waals surface area contributed by atoms with E-state index in [0.717, 1.165) is 21.4 Å². The summed E-state index contributed by atoms with van der Waals surface area (Å²) in [5.74, 6) is 0.605. The molecule has 0 saturated carbocycles. The number of rotatable bonds is 9. The van der Waals surface area contributed by atoms with Gasteiger partial charge in [0.15, 0.2) is 17.7 Å². The van der Waals surface area contributed by atoms with E-state index in [1.54, 1.807) is 42.1 Å². The molecule has 224 valence electrons. The summed E-state index contributed by atoms with van der Waals surface area (Å²) in [4.78, 5) is 29.2. The molecule has 0 spiro atoms. The van der Waals surface area contributed by atoms with Gasteiger partial charge in [-0.2, -0.15) is 5.10 Å². The van der Waals surface area contributed by atoms with Crippen molar-refractivity contribution in [3.63, 3.8) is 0 Å². The first-order chi connectivity index (χ1) is 21.3. The molecule has 2 aromatic heterocycles. The molecular formula is C32H28ClN5O5S. The van der Waals surface area contributed by atoms with Crippen molar-refractivity contribution >= 4 is 57.0 Å². The lowest BCUT2D eigenvalue weighted by atomic mass is 10.1. The number of aryl methyl sites for hydroxylation is 1. The molecule has 0 amide bonds. The molecule has 12 heteroatoms. The number of allylic oxidation sites excluding steroid dienone is 1. The molecular weight excluding hydrogens is 602 g/mol. The molecule has 3 heterocycles. The average Bonchev–Trinajstić information content (AvgIpc) is 3.37. The van der Waals surface area contributed by atoms with Crippen molar-refractivity contribution in [1.82, 2.24) is 19.1 Å². The minimum absolute atomic E-state index is 0.0339. The number of morpholine rings is 1. The van der Waals surface area contributed by atoms with Gasteiger partial charge in [-0.25, -0.2) is 14.0 Å². The van der Waals surface area contributed by atoms with Crippen molar-refractivity contribution in [2.24, 2.45) is 0 Å². The molecule has 1 aliphatic heterocycles. The number of carbonyl (C=O) groups is 1. The van der Waals surface area contributed by atoms with Gasteiger partial charge in [0.2, 0.25) is 0 Å². The number of benzene rings is 3. The maximum atomic E-state index is 12.6. The molecule has 5 aromatic rings. The molecule has 1 aliphatic rings. The van der Waals surface area contributed by atoms with E-state index in [-0.39, 0.29) is 17.6 Å². The third-order valence-electron chi connectivity index (χ3n) is 7.34. The second-order valence-electron chi connectivity index (χ2n) is 10.3. The summed E-state index contributed by atoms with van der Waals surface area (Å²) in [7, 11) is 1.61. The van der Waals surface area contributed by atoms with E-state index in [4.69, 9.17) is 31.2 Å². The molecule has 2 atom stereocenters. The van der Waals surface area contributed by atoms with Gasteiger partial charge in [0.1, 0.15) is 5.75 Å². The number of nitrogens with zero attached hydrogens (tertiary/aromatic N) is 5. The largest absolute Gasteiger partial charge is 0.497 e. The molecule has 0 radical (unpaired) electrons. The van der Waals surface area contributed by atoms with Gasteiger partial charge >= 0.3 is 0 Å². The van der Waals surface area contributed by atoms with Crippen LogP contribution in [0.3, 0.4) is 0 Å². The molecule has 0 aliphatic carbocycles. The number of ether oxygens (including phenoxy) is 2. The summed E-state index contributed by atoms with van der Waals surface area (Å²) >= 11 is 8.40. The first-order valence-electron chi connectivity index (χ1n) is 13.9. The maximum Gasteiger partial charge on any atom is 0.269 e. The lowest BCUT2D eigenvalue weighted by Gasteiger charge is -2.37. The number of halogens is 1. The zero-order chi connectivity index (χ0) is 30.8. The van der Waals surface area contributed by atoms with Gasteiger partial charge in [0.05, 0.1) is 46.3 Å². The van der Waals surface area contributed by atoms with Crippen molar-refractivity contribution in [2.45, 2.75) is 30.6 Å². The van der Waals surface area contributed by atoms with Gasteiger partial charge in [-0.3, -0.25) is 14.9 Å². The van der Waals surface area contributed by atoms with Crippen LogP contribution >= 0.6 is 23.5 Å². The molecule has 0 N–H and O–H groups in total. The predicted molar refractivity (Wildman–Crippen MR) is 170 cm³/mol. The number of nitro benzene ring substituents is 1. The second kappa shape index (κ2) is 12.7. The van der Waals surface area contributed by atoms with E-state index in [1.807, 2.05) is 49.4 Å². The van der Waals surface area contributed by atoms with E-state index in [2.05, 4.69) is 4.31 Å². The predicted octanol–water partition coefficient (Wildman–Crippen LogP) is 7.20. The third kappa shape index (κ3) is 6.18. The fourth-order valence-corrected chi connectivity index (χ4v) is 6.56. The maximum absolute atomic E-state index is 12.6. The second-order valence-corrected chi connectivity index (χ2v) is 11.9. The molecule has 1 saturated heterocycles. The van der Waals surface area contributed by atoms with Crippen LogP contribution in [0.25, 0.3) is 21.9 Å². The van der Waals surface area contributed by atoms with Gasteiger partial charge in [-0.1, -0.05) is 48.0 Å². The van der Waals surface area contributed by atoms with Crippen LogP contribution in [0, 0.1) is 17.0 Å². The number of pyridine rings is 1.